The summed E-state index contributed by atoms with van der Waals surface area (Å²) in [6.07, 6.45) is 0. The summed E-state index contributed by atoms with van der Waals surface area (Å²) < 4.78 is 0. The van der Waals surface area contributed by atoms with Gasteiger partial charge in [0.15, 0.2) is 0 Å². The van der Waals surface area contributed by atoms with Crippen molar-refractivity contribution < 1.29 is 5.11 Å². The Kier molecular flexibility index (Phi) is 4.65. The Hall–Kier alpha value is -1.68. The normalized spacial score (nSPS) is 16.1. The van der Waals surface area contributed by atoms with Crippen LogP contribution in [0.15, 0.2) is 60.7 Å². The minimum absolute atomic E-state index is 0.206. The maximum Gasteiger partial charge on any atom is 0.0602 e. The van der Waals surface area contributed by atoms with E-state index in [9.17, 15) is 0 Å². The van der Waals surface area contributed by atoms with Gasteiger partial charge in [0.05, 0.1) is 12.6 Å². The molecule has 2 N–H and O–H groups in total. The molecule has 0 aromatic heterocycles. The molecule has 2 aromatic carbocycles. The molecule has 3 rings (SSSR count). The van der Waals surface area contributed by atoms with Gasteiger partial charge in [0.1, 0.15) is 0 Å². The molecule has 2 aromatic rings. The number of hydrogen-bond donors (Lipinski definition) is 2. The monoisotopic (exact) mass is 282 g/mol. The molecule has 0 radical (unpaired) electrons. The average molecular weight is 282 g/mol. The van der Waals surface area contributed by atoms with Crippen molar-refractivity contribution in [1.29, 1.82) is 0 Å². The minimum atomic E-state index is 0.206. The second kappa shape index (κ2) is 6.85. The molecule has 1 aliphatic heterocycles. The predicted molar refractivity (Wildman–Crippen MR) is 85.2 cm³/mol. The fourth-order valence-electron chi connectivity index (χ4n) is 3.01. The SMILES string of the molecule is OCCNC1CN(C(c2ccccc2)c2ccccc2)C1. The van der Waals surface area contributed by atoms with Gasteiger partial charge in [-0.25, -0.2) is 0 Å². The van der Waals surface area contributed by atoms with E-state index >= 15 is 0 Å². The maximum absolute atomic E-state index is 8.89. The first-order valence-corrected chi connectivity index (χ1v) is 7.56. The number of aliphatic hydroxyl groups excluding tert-OH is 1. The van der Waals surface area contributed by atoms with E-state index in [2.05, 4.69) is 70.9 Å². The smallest absolute Gasteiger partial charge is 0.0602 e. The Morgan fingerprint density at radius 1 is 0.952 bits per heavy atom. The lowest BCUT2D eigenvalue weighted by atomic mass is 9.93. The number of aliphatic hydroxyl groups is 1. The summed E-state index contributed by atoms with van der Waals surface area (Å²) in [7, 11) is 0. The van der Waals surface area contributed by atoms with Gasteiger partial charge in [0.25, 0.3) is 0 Å². The van der Waals surface area contributed by atoms with Crippen LogP contribution in [0.4, 0.5) is 0 Å². The number of nitrogens with zero attached hydrogens (tertiary/aromatic N) is 1. The maximum atomic E-state index is 8.89. The van der Waals surface area contributed by atoms with Crippen LogP contribution in [-0.4, -0.2) is 42.3 Å². The van der Waals surface area contributed by atoms with Crippen molar-refractivity contribution in [2.45, 2.75) is 12.1 Å². The van der Waals surface area contributed by atoms with Crippen LogP contribution in [0.1, 0.15) is 17.2 Å². The van der Waals surface area contributed by atoms with Crippen molar-refractivity contribution in [3.05, 3.63) is 71.8 Å². The highest BCUT2D eigenvalue weighted by molar-refractivity contribution is 5.32. The Balaban J connectivity index is 1.76. The summed E-state index contributed by atoms with van der Waals surface area (Å²) in [5, 5.41) is 12.3. The molecule has 0 aliphatic carbocycles. The van der Waals surface area contributed by atoms with Crippen molar-refractivity contribution in [2.75, 3.05) is 26.2 Å². The zero-order chi connectivity index (χ0) is 14.5. The third-order valence-corrected chi connectivity index (χ3v) is 4.05. The average Bonchev–Trinajstić information content (AvgIpc) is 2.51. The van der Waals surface area contributed by atoms with Gasteiger partial charge in [0.2, 0.25) is 0 Å². The lowest BCUT2D eigenvalue weighted by Gasteiger charge is -2.45. The summed E-state index contributed by atoms with van der Waals surface area (Å²) in [6.45, 7) is 2.93. The van der Waals surface area contributed by atoms with Crippen LogP contribution in [-0.2, 0) is 0 Å². The molecular formula is C18H22N2O. The van der Waals surface area contributed by atoms with Crippen molar-refractivity contribution in [2.24, 2.45) is 0 Å². The molecule has 1 saturated heterocycles. The fourth-order valence-corrected chi connectivity index (χ4v) is 3.01. The van der Waals surface area contributed by atoms with Gasteiger partial charge >= 0.3 is 0 Å². The summed E-state index contributed by atoms with van der Waals surface area (Å²) in [4.78, 5) is 2.49. The molecule has 3 heteroatoms. The van der Waals surface area contributed by atoms with E-state index in [4.69, 9.17) is 5.11 Å². The molecule has 1 heterocycles. The Morgan fingerprint density at radius 2 is 1.48 bits per heavy atom. The molecule has 0 saturated carbocycles. The summed E-state index contributed by atoms with van der Waals surface area (Å²) in [5.74, 6) is 0. The van der Waals surface area contributed by atoms with Crippen LogP contribution < -0.4 is 5.32 Å². The second-order valence-corrected chi connectivity index (χ2v) is 5.55. The molecule has 3 nitrogen and oxygen atoms in total. The van der Waals surface area contributed by atoms with E-state index in [1.807, 2.05) is 0 Å². The van der Waals surface area contributed by atoms with E-state index in [0.717, 1.165) is 13.1 Å². The van der Waals surface area contributed by atoms with Crippen LogP contribution in [0, 0.1) is 0 Å². The van der Waals surface area contributed by atoms with E-state index < -0.39 is 0 Å². The van der Waals surface area contributed by atoms with Crippen molar-refractivity contribution >= 4 is 0 Å². The van der Waals surface area contributed by atoms with Gasteiger partial charge in [-0.05, 0) is 11.1 Å². The van der Waals surface area contributed by atoms with Gasteiger partial charge in [-0.15, -0.1) is 0 Å². The highest BCUT2D eigenvalue weighted by Gasteiger charge is 2.33. The van der Waals surface area contributed by atoms with Crippen LogP contribution in [0.5, 0.6) is 0 Å². The molecule has 1 fully saturated rings. The van der Waals surface area contributed by atoms with Gasteiger partial charge in [-0.1, -0.05) is 60.7 Å². The molecule has 0 atom stereocenters. The van der Waals surface area contributed by atoms with Crippen LogP contribution in [0.2, 0.25) is 0 Å². The first kappa shape index (κ1) is 14.3. The van der Waals surface area contributed by atoms with Gasteiger partial charge in [-0.2, -0.15) is 0 Å². The minimum Gasteiger partial charge on any atom is -0.395 e. The van der Waals surface area contributed by atoms with Crippen molar-refractivity contribution in [1.82, 2.24) is 10.2 Å². The van der Waals surface area contributed by atoms with Crippen LogP contribution in [0.25, 0.3) is 0 Å². The zero-order valence-corrected chi connectivity index (χ0v) is 12.2. The molecule has 0 bridgehead atoms. The third kappa shape index (κ3) is 3.32. The topological polar surface area (TPSA) is 35.5 Å². The number of likely N-dealkylation sites (tertiary alicyclic amines) is 1. The number of nitrogens with one attached hydrogen (secondary N) is 1. The van der Waals surface area contributed by atoms with Gasteiger partial charge in [0, 0.05) is 25.7 Å². The molecule has 1 aliphatic rings. The summed E-state index contributed by atoms with van der Waals surface area (Å²) in [6, 6.07) is 22.2. The highest BCUT2D eigenvalue weighted by atomic mass is 16.3. The van der Waals surface area contributed by atoms with E-state index in [-0.39, 0.29) is 6.61 Å². The molecule has 0 unspecified atom stereocenters. The lowest BCUT2D eigenvalue weighted by Crippen LogP contribution is -2.59. The predicted octanol–water partition coefficient (Wildman–Crippen LogP) is 2.04. The Morgan fingerprint density at radius 3 is 1.95 bits per heavy atom. The number of hydrogen-bond acceptors (Lipinski definition) is 3. The van der Waals surface area contributed by atoms with E-state index in [0.29, 0.717) is 18.6 Å². The van der Waals surface area contributed by atoms with Crippen molar-refractivity contribution in [3.8, 4) is 0 Å². The zero-order valence-electron chi connectivity index (χ0n) is 12.2. The molecule has 0 spiro atoms. The first-order chi connectivity index (χ1) is 10.4. The molecule has 21 heavy (non-hydrogen) atoms. The fraction of sp³-hybridized carbons (Fsp3) is 0.333. The van der Waals surface area contributed by atoms with Crippen LogP contribution in [0.3, 0.4) is 0 Å². The Bertz CT molecular complexity index is 498. The summed E-state index contributed by atoms with van der Waals surface area (Å²) >= 11 is 0. The standard InChI is InChI=1S/C18H22N2O/c21-12-11-19-17-13-20(14-17)18(15-7-3-1-4-8-15)16-9-5-2-6-10-16/h1-10,17-19,21H,11-14H2. The largest absolute Gasteiger partial charge is 0.395 e. The molecular weight excluding hydrogens is 260 g/mol. The van der Waals surface area contributed by atoms with E-state index in [1.54, 1.807) is 0 Å². The summed E-state index contributed by atoms with van der Waals surface area (Å²) in [5.41, 5.74) is 2.67. The highest BCUT2D eigenvalue weighted by Crippen LogP contribution is 2.31. The first-order valence-electron chi connectivity index (χ1n) is 7.56. The molecule has 110 valence electrons. The third-order valence-electron chi connectivity index (χ3n) is 4.05. The quantitative estimate of drug-likeness (QED) is 0.851. The number of rotatable bonds is 6. The van der Waals surface area contributed by atoms with Gasteiger partial charge < -0.3 is 10.4 Å². The lowest BCUT2D eigenvalue weighted by molar-refractivity contribution is 0.0899. The van der Waals surface area contributed by atoms with Crippen molar-refractivity contribution in [3.63, 3.8) is 0 Å². The second-order valence-electron chi connectivity index (χ2n) is 5.55. The van der Waals surface area contributed by atoms with Crippen LogP contribution >= 0.6 is 0 Å². The van der Waals surface area contributed by atoms with E-state index in [1.165, 1.54) is 11.1 Å². The Labute approximate surface area is 126 Å². The van der Waals surface area contributed by atoms with Gasteiger partial charge in [-0.3, -0.25) is 4.90 Å². The molecule has 0 amide bonds. The number of benzene rings is 2.